The van der Waals surface area contributed by atoms with Gasteiger partial charge >= 0.3 is 0 Å². The van der Waals surface area contributed by atoms with E-state index in [4.69, 9.17) is 0 Å². The van der Waals surface area contributed by atoms with E-state index in [1.807, 2.05) is 0 Å². The van der Waals surface area contributed by atoms with Gasteiger partial charge in [-0.25, -0.2) is 0 Å². The van der Waals surface area contributed by atoms with Crippen molar-refractivity contribution in [2.75, 3.05) is 24.5 Å². The van der Waals surface area contributed by atoms with Crippen molar-refractivity contribution in [3.8, 4) is 0 Å². The Morgan fingerprint density at radius 2 is 1.95 bits per heavy atom. The highest BCUT2D eigenvalue weighted by atomic mass is 15.2. The molecule has 0 radical (unpaired) electrons. The van der Waals surface area contributed by atoms with Crippen LogP contribution in [0.2, 0.25) is 0 Å². The molecule has 1 aromatic rings. The van der Waals surface area contributed by atoms with E-state index in [1.54, 1.807) is 0 Å². The summed E-state index contributed by atoms with van der Waals surface area (Å²) in [6, 6.07) is 9.20. The third-order valence-corrected chi connectivity index (χ3v) is 3.92. The highest BCUT2D eigenvalue weighted by Gasteiger charge is 2.23. The van der Waals surface area contributed by atoms with Crippen molar-refractivity contribution in [1.82, 2.24) is 5.32 Å². The summed E-state index contributed by atoms with van der Waals surface area (Å²) in [6.07, 6.45) is 5.00. The molecule has 0 amide bonds. The van der Waals surface area contributed by atoms with Gasteiger partial charge in [-0.3, -0.25) is 0 Å². The number of aryl methyl sites for hydroxylation is 1. The third kappa shape index (κ3) is 4.24. The fourth-order valence-corrected chi connectivity index (χ4v) is 2.78. The number of nitrogens with zero attached hydrogens (tertiary/aromatic N) is 1. The van der Waals surface area contributed by atoms with Gasteiger partial charge in [-0.2, -0.15) is 0 Å². The molecule has 1 aliphatic heterocycles. The second-order valence-corrected chi connectivity index (χ2v) is 6.36. The second kappa shape index (κ2) is 6.42. The summed E-state index contributed by atoms with van der Waals surface area (Å²) in [7, 11) is 0. The van der Waals surface area contributed by atoms with Gasteiger partial charge in [0.15, 0.2) is 0 Å². The molecular weight excluding hydrogens is 232 g/mol. The van der Waals surface area contributed by atoms with E-state index in [0.29, 0.717) is 0 Å². The lowest BCUT2D eigenvalue weighted by atomic mass is 10.0. The van der Waals surface area contributed by atoms with Crippen molar-refractivity contribution in [1.29, 1.82) is 0 Å². The van der Waals surface area contributed by atoms with Gasteiger partial charge < -0.3 is 10.2 Å². The van der Waals surface area contributed by atoms with Crippen LogP contribution < -0.4 is 10.2 Å². The minimum Gasteiger partial charge on any atom is -0.370 e. The summed E-state index contributed by atoms with van der Waals surface area (Å²) in [5.41, 5.74) is 3.05. The molecule has 2 nitrogen and oxygen atoms in total. The van der Waals surface area contributed by atoms with E-state index in [1.165, 1.54) is 36.9 Å². The van der Waals surface area contributed by atoms with Crippen molar-refractivity contribution in [3.05, 3.63) is 29.8 Å². The molecule has 1 aliphatic rings. The molecular formula is C17H28N2. The standard InChI is InChI=1S/C17H28N2/c1-4-5-7-15-8-10-16(11-9-15)19-13-6-12-18-17(2,3)14-19/h8-11,18H,4-7,12-14H2,1-3H3. The smallest absolute Gasteiger partial charge is 0.0367 e. The number of nitrogens with one attached hydrogen (secondary N) is 1. The van der Waals surface area contributed by atoms with E-state index < -0.39 is 0 Å². The van der Waals surface area contributed by atoms with E-state index in [0.717, 1.165) is 19.6 Å². The van der Waals surface area contributed by atoms with Gasteiger partial charge in [-0.05, 0) is 57.4 Å². The molecule has 106 valence electrons. The topological polar surface area (TPSA) is 15.3 Å². The molecule has 19 heavy (non-hydrogen) atoms. The summed E-state index contributed by atoms with van der Waals surface area (Å²) >= 11 is 0. The highest BCUT2D eigenvalue weighted by Crippen LogP contribution is 2.21. The van der Waals surface area contributed by atoms with Crippen LogP contribution in [0.3, 0.4) is 0 Å². The Balaban J connectivity index is 2.04. The zero-order valence-corrected chi connectivity index (χ0v) is 12.7. The molecule has 0 saturated carbocycles. The van der Waals surface area contributed by atoms with Crippen molar-refractivity contribution < 1.29 is 0 Å². The molecule has 1 fully saturated rings. The summed E-state index contributed by atoms with van der Waals surface area (Å²) in [6.45, 7) is 10.2. The summed E-state index contributed by atoms with van der Waals surface area (Å²) in [4.78, 5) is 2.52. The number of rotatable bonds is 4. The zero-order valence-electron chi connectivity index (χ0n) is 12.7. The Hall–Kier alpha value is -1.02. The Morgan fingerprint density at radius 1 is 1.21 bits per heavy atom. The van der Waals surface area contributed by atoms with Crippen LogP contribution in [0.1, 0.15) is 45.6 Å². The lowest BCUT2D eigenvalue weighted by molar-refractivity contribution is 0.416. The number of hydrogen-bond acceptors (Lipinski definition) is 2. The zero-order chi connectivity index (χ0) is 13.7. The fourth-order valence-electron chi connectivity index (χ4n) is 2.78. The SMILES string of the molecule is CCCCc1ccc(N2CCCNC(C)(C)C2)cc1. The average molecular weight is 260 g/mol. The van der Waals surface area contributed by atoms with E-state index in [9.17, 15) is 0 Å². The van der Waals surface area contributed by atoms with Crippen molar-refractivity contribution >= 4 is 5.69 Å². The van der Waals surface area contributed by atoms with Crippen molar-refractivity contribution in [3.63, 3.8) is 0 Å². The predicted molar refractivity (Wildman–Crippen MR) is 84.0 cm³/mol. The van der Waals surface area contributed by atoms with Gasteiger partial charge in [0.2, 0.25) is 0 Å². The first-order chi connectivity index (χ1) is 9.11. The van der Waals surface area contributed by atoms with E-state index >= 15 is 0 Å². The van der Waals surface area contributed by atoms with Crippen LogP contribution in [0, 0.1) is 0 Å². The molecule has 1 aromatic carbocycles. The van der Waals surface area contributed by atoms with Crippen LogP contribution in [-0.4, -0.2) is 25.2 Å². The summed E-state index contributed by atoms with van der Waals surface area (Å²) in [5, 5.41) is 3.62. The van der Waals surface area contributed by atoms with E-state index in [2.05, 4.69) is 55.3 Å². The van der Waals surface area contributed by atoms with Gasteiger partial charge in [-0.1, -0.05) is 25.5 Å². The molecule has 1 N–H and O–H groups in total. The maximum atomic E-state index is 3.62. The molecule has 2 rings (SSSR count). The highest BCUT2D eigenvalue weighted by molar-refractivity contribution is 5.48. The minimum atomic E-state index is 0.206. The maximum absolute atomic E-state index is 3.62. The Labute approximate surface area is 118 Å². The first kappa shape index (κ1) is 14.4. The summed E-state index contributed by atoms with van der Waals surface area (Å²) < 4.78 is 0. The molecule has 1 heterocycles. The monoisotopic (exact) mass is 260 g/mol. The summed E-state index contributed by atoms with van der Waals surface area (Å²) in [5.74, 6) is 0. The van der Waals surface area contributed by atoms with Crippen molar-refractivity contribution in [2.45, 2.75) is 52.0 Å². The molecule has 0 spiro atoms. The van der Waals surface area contributed by atoms with Crippen LogP contribution in [0.4, 0.5) is 5.69 Å². The lowest BCUT2D eigenvalue weighted by Gasteiger charge is -2.31. The Morgan fingerprint density at radius 3 is 2.63 bits per heavy atom. The van der Waals surface area contributed by atoms with Crippen LogP contribution in [0.15, 0.2) is 24.3 Å². The molecule has 0 atom stereocenters. The number of hydrogen-bond donors (Lipinski definition) is 1. The van der Waals surface area contributed by atoms with Gasteiger partial charge in [0, 0.05) is 24.3 Å². The van der Waals surface area contributed by atoms with Crippen LogP contribution in [0.25, 0.3) is 0 Å². The third-order valence-electron chi connectivity index (χ3n) is 3.92. The molecule has 0 aliphatic carbocycles. The quantitative estimate of drug-likeness (QED) is 0.889. The largest absolute Gasteiger partial charge is 0.370 e. The molecule has 0 unspecified atom stereocenters. The predicted octanol–water partition coefficient (Wildman–Crippen LogP) is 3.61. The fraction of sp³-hybridized carbons (Fsp3) is 0.647. The van der Waals surface area contributed by atoms with Gasteiger partial charge in [0.25, 0.3) is 0 Å². The van der Waals surface area contributed by atoms with Crippen LogP contribution >= 0.6 is 0 Å². The molecule has 0 bridgehead atoms. The van der Waals surface area contributed by atoms with Gasteiger partial charge in [0.1, 0.15) is 0 Å². The van der Waals surface area contributed by atoms with Gasteiger partial charge in [-0.15, -0.1) is 0 Å². The minimum absolute atomic E-state index is 0.206. The molecule has 0 aromatic heterocycles. The first-order valence-corrected chi connectivity index (χ1v) is 7.70. The van der Waals surface area contributed by atoms with E-state index in [-0.39, 0.29) is 5.54 Å². The second-order valence-electron chi connectivity index (χ2n) is 6.36. The first-order valence-electron chi connectivity index (χ1n) is 7.70. The number of anilines is 1. The van der Waals surface area contributed by atoms with Crippen LogP contribution in [-0.2, 0) is 6.42 Å². The maximum Gasteiger partial charge on any atom is 0.0367 e. The Kier molecular flexibility index (Phi) is 4.87. The Bertz CT molecular complexity index is 381. The number of benzene rings is 1. The van der Waals surface area contributed by atoms with Gasteiger partial charge in [0.05, 0.1) is 0 Å². The average Bonchev–Trinajstić information content (AvgIpc) is 2.58. The number of unbranched alkanes of at least 4 members (excludes halogenated alkanes) is 1. The van der Waals surface area contributed by atoms with Crippen molar-refractivity contribution in [2.24, 2.45) is 0 Å². The lowest BCUT2D eigenvalue weighted by Crippen LogP contribution is -2.46. The molecule has 2 heteroatoms. The van der Waals surface area contributed by atoms with Crippen LogP contribution in [0.5, 0.6) is 0 Å². The normalized spacial score (nSPS) is 19.2. The molecule has 1 saturated heterocycles.